The first kappa shape index (κ1) is 12.7. The molecule has 2 rings (SSSR count). The Hall–Kier alpha value is -1.77. The molecule has 1 heterocycles. The number of methoxy groups -OCH3 is 1. The number of rotatable bonds is 4. The van der Waals surface area contributed by atoms with Gasteiger partial charge in [-0.25, -0.2) is 0 Å². The fourth-order valence-electron chi connectivity index (χ4n) is 2.01. The molecule has 1 aromatic carbocycles. The van der Waals surface area contributed by atoms with Gasteiger partial charge in [-0.1, -0.05) is 26.0 Å². The standard InChI is InChI=1S/C15H19NO2/c1-11(2)13-8-15(17)16(10-13)9-12-4-6-14(18-3)7-5-12/h4-7,10-11H,8-9H2,1-3H3. The molecule has 1 aliphatic heterocycles. The number of carbonyl (C=O) groups is 1. The Kier molecular flexibility index (Phi) is 3.70. The van der Waals surface area contributed by atoms with Crippen LogP contribution in [0, 0.1) is 5.92 Å². The minimum Gasteiger partial charge on any atom is -0.497 e. The van der Waals surface area contributed by atoms with Crippen LogP contribution in [-0.2, 0) is 11.3 Å². The second-order valence-corrected chi connectivity index (χ2v) is 4.91. The van der Waals surface area contributed by atoms with Gasteiger partial charge in [-0.15, -0.1) is 0 Å². The van der Waals surface area contributed by atoms with Gasteiger partial charge in [-0.3, -0.25) is 4.79 Å². The second kappa shape index (κ2) is 5.25. The maximum atomic E-state index is 11.9. The molecular formula is C15H19NO2. The molecule has 0 aromatic heterocycles. The SMILES string of the molecule is COc1ccc(CN2C=C(C(C)C)CC2=O)cc1. The Balaban J connectivity index is 2.06. The van der Waals surface area contributed by atoms with E-state index in [2.05, 4.69) is 13.8 Å². The average Bonchev–Trinajstić information content (AvgIpc) is 2.72. The van der Waals surface area contributed by atoms with Gasteiger partial charge in [0.1, 0.15) is 5.75 Å². The van der Waals surface area contributed by atoms with Gasteiger partial charge >= 0.3 is 0 Å². The first-order valence-corrected chi connectivity index (χ1v) is 6.23. The van der Waals surface area contributed by atoms with Gasteiger partial charge in [-0.05, 0) is 29.2 Å². The summed E-state index contributed by atoms with van der Waals surface area (Å²) in [5.74, 6) is 1.47. The zero-order chi connectivity index (χ0) is 13.1. The molecule has 0 aliphatic carbocycles. The summed E-state index contributed by atoms with van der Waals surface area (Å²) in [5.41, 5.74) is 2.33. The third kappa shape index (κ3) is 2.73. The predicted molar refractivity (Wildman–Crippen MR) is 71.1 cm³/mol. The van der Waals surface area contributed by atoms with Crippen LogP contribution < -0.4 is 4.74 Å². The van der Waals surface area contributed by atoms with E-state index in [1.54, 1.807) is 12.0 Å². The third-order valence-corrected chi connectivity index (χ3v) is 3.25. The number of ether oxygens (including phenoxy) is 1. The highest BCUT2D eigenvalue weighted by Crippen LogP contribution is 2.24. The summed E-state index contributed by atoms with van der Waals surface area (Å²) in [7, 11) is 1.65. The molecule has 18 heavy (non-hydrogen) atoms. The van der Waals surface area contributed by atoms with Crippen molar-refractivity contribution in [1.82, 2.24) is 4.90 Å². The van der Waals surface area contributed by atoms with Crippen molar-refractivity contribution in [3.05, 3.63) is 41.6 Å². The fraction of sp³-hybridized carbons (Fsp3) is 0.400. The van der Waals surface area contributed by atoms with E-state index >= 15 is 0 Å². The fourth-order valence-corrected chi connectivity index (χ4v) is 2.01. The molecule has 0 N–H and O–H groups in total. The molecule has 0 fully saturated rings. The lowest BCUT2D eigenvalue weighted by atomic mass is 10.0. The van der Waals surface area contributed by atoms with Gasteiger partial charge in [0.05, 0.1) is 20.1 Å². The Morgan fingerprint density at radius 1 is 1.28 bits per heavy atom. The van der Waals surface area contributed by atoms with Gasteiger partial charge in [0.15, 0.2) is 0 Å². The third-order valence-electron chi connectivity index (χ3n) is 3.25. The van der Waals surface area contributed by atoms with Crippen LogP contribution in [0.15, 0.2) is 36.0 Å². The van der Waals surface area contributed by atoms with E-state index in [0.29, 0.717) is 18.9 Å². The van der Waals surface area contributed by atoms with Crippen LogP contribution in [0.2, 0.25) is 0 Å². The summed E-state index contributed by atoms with van der Waals surface area (Å²) in [6.07, 6.45) is 2.56. The van der Waals surface area contributed by atoms with Crippen LogP contribution in [0.3, 0.4) is 0 Å². The maximum Gasteiger partial charge on any atom is 0.230 e. The quantitative estimate of drug-likeness (QED) is 0.816. The second-order valence-electron chi connectivity index (χ2n) is 4.91. The van der Waals surface area contributed by atoms with Crippen LogP contribution in [0.25, 0.3) is 0 Å². The van der Waals surface area contributed by atoms with Crippen LogP contribution >= 0.6 is 0 Å². The number of hydrogen-bond acceptors (Lipinski definition) is 2. The maximum absolute atomic E-state index is 11.9. The first-order chi connectivity index (χ1) is 8.60. The van der Waals surface area contributed by atoms with E-state index in [-0.39, 0.29) is 5.91 Å². The summed E-state index contributed by atoms with van der Waals surface area (Å²) in [6.45, 7) is 4.88. The van der Waals surface area contributed by atoms with Crippen LogP contribution in [0.5, 0.6) is 5.75 Å². The summed E-state index contributed by atoms with van der Waals surface area (Å²) < 4.78 is 5.12. The molecule has 3 heteroatoms. The van der Waals surface area contributed by atoms with E-state index in [4.69, 9.17) is 4.74 Å². The van der Waals surface area contributed by atoms with Gasteiger partial charge in [0.2, 0.25) is 5.91 Å². The Labute approximate surface area is 108 Å². The first-order valence-electron chi connectivity index (χ1n) is 6.23. The normalized spacial score (nSPS) is 15.2. The molecule has 0 atom stereocenters. The van der Waals surface area contributed by atoms with Crippen LogP contribution in [-0.4, -0.2) is 17.9 Å². The van der Waals surface area contributed by atoms with E-state index in [1.807, 2.05) is 30.5 Å². The molecule has 0 radical (unpaired) electrons. The molecular weight excluding hydrogens is 226 g/mol. The molecule has 0 bridgehead atoms. The lowest BCUT2D eigenvalue weighted by molar-refractivity contribution is -0.127. The number of hydrogen-bond donors (Lipinski definition) is 0. The lowest BCUT2D eigenvalue weighted by Gasteiger charge is -2.13. The summed E-state index contributed by atoms with van der Waals surface area (Å²) in [5, 5.41) is 0. The topological polar surface area (TPSA) is 29.5 Å². The molecule has 96 valence electrons. The van der Waals surface area contributed by atoms with Crippen molar-refractivity contribution in [2.75, 3.05) is 7.11 Å². The van der Waals surface area contributed by atoms with E-state index in [1.165, 1.54) is 5.57 Å². The zero-order valence-corrected chi connectivity index (χ0v) is 11.1. The highest BCUT2D eigenvalue weighted by molar-refractivity contribution is 5.82. The Morgan fingerprint density at radius 2 is 1.94 bits per heavy atom. The smallest absolute Gasteiger partial charge is 0.230 e. The van der Waals surface area contributed by atoms with Gasteiger partial charge in [-0.2, -0.15) is 0 Å². The van der Waals surface area contributed by atoms with E-state index in [9.17, 15) is 4.79 Å². The van der Waals surface area contributed by atoms with E-state index in [0.717, 1.165) is 11.3 Å². The van der Waals surface area contributed by atoms with Crippen molar-refractivity contribution in [2.45, 2.75) is 26.8 Å². The Bertz CT molecular complexity index is 460. The van der Waals surface area contributed by atoms with Crippen LogP contribution in [0.1, 0.15) is 25.8 Å². The number of carbonyl (C=O) groups excluding carboxylic acids is 1. The van der Waals surface area contributed by atoms with Gasteiger partial charge in [0, 0.05) is 6.20 Å². The van der Waals surface area contributed by atoms with Crippen molar-refractivity contribution < 1.29 is 9.53 Å². The number of amides is 1. The van der Waals surface area contributed by atoms with Crippen molar-refractivity contribution >= 4 is 5.91 Å². The molecule has 1 aliphatic rings. The van der Waals surface area contributed by atoms with Crippen molar-refractivity contribution in [3.8, 4) is 5.75 Å². The summed E-state index contributed by atoms with van der Waals surface area (Å²) >= 11 is 0. The minimum absolute atomic E-state index is 0.189. The van der Waals surface area contributed by atoms with Crippen molar-refractivity contribution in [1.29, 1.82) is 0 Å². The largest absolute Gasteiger partial charge is 0.497 e. The van der Waals surface area contributed by atoms with Crippen LogP contribution in [0.4, 0.5) is 0 Å². The Morgan fingerprint density at radius 3 is 2.44 bits per heavy atom. The molecule has 0 unspecified atom stereocenters. The highest BCUT2D eigenvalue weighted by atomic mass is 16.5. The average molecular weight is 245 g/mol. The molecule has 0 saturated heterocycles. The highest BCUT2D eigenvalue weighted by Gasteiger charge is 2.23. The monoisotopic (exact) mass is 245 g/mol. The molecule has 3 nitrogen and oxygen atoms in total. The van der Waals surface area contributed by atoms with Crippen molar-refractivity contribution in [2.24, 2.45) is 5.92 Å². The zero-order valence-electron chi connectivity index (χ0n) is 11.1. The number of benzene rings is 1. The molecule has 1 aromatic rings. The number of nitrogens with zero attached hydrogens (tertiary/aromatic N) is 1. The molecule has 0 spiro atoms. The molecule has 0 saturated carbocycles. The minimum atomic E-state index is 0.189. The van der Waals surface area contributed by atoms with E-state index < -0.39 is 0 Å². The summed E-state index contributed by atoms with van der Waals surface area (Å²) in [6, 6.07) is 7.83. The molecule has 1 amide bonds. The van der Waals surface area contributed by atoms with Gasteiger partial charge < -0.3 is 9.64 Å². The lowest BCUT2D eigenvalue weighted by Crippen LogP contribution is -2.20. The summed E-state index contributed by atoms with van der Waals surface area (Å²) in [4.78, 5) is 13.7. The predicted octanol–water partition coefficient (Wildman–Crippen LogP) is 2.97. The van der Waals surface area contributed by atoms with Gasteiger partial charge in [0.25, 0.3) is 0 Å². The van der Waals surface area contributed by atoms with Crippen molar-refractivity contribution in [3.63, 3.8) is 0 Å².